The average molecular weight is 222 g/mol. The molecule has 0 radical (unpaired) electrons. The van der Waals surface area contributed by atoms with Gasteiger partial charge in [0.15, 0.2) is 0 Å². The second-order valence-electron chi connectivity index (χ2n) is 2.92. The monoisotopic (exact) mass is 220 g/mol. The fourth-order valence-electron chi connectivity index (χ4n) is 1.11. The SMILES string of the molecule is C=CCCCCCCCCO.[Zn]. The molecule has 68 valence electrons. The standard InChI is InChI=1S/C10H20O.Zn/c1-2-3-4-5-6-7-8-9-10-11;/h2,11H,1,3-10H2;. The van der Waals surface area contributed by atoms with E-state index >= 15 is 0 Å². The minimum Gasteiger partial charge on any atom is -0.396 e. The summed E-state index contributed by atoms with van der Waals surface area (Å²) in [4.78, 5) is 0. The Bertz CT molecular complexity index is 83.9. The molecule has 1 N–H and O–H groups in total. The van der Waals surface area contributed by atoms with Crippen LogP contribution in [-0.2, 0) is 19.5 Å². The summed E-state index contributed by atoms with van der Waals surface area (Å²) >= 11 is 0. The molecule has 0 unspecified atom stereocenters. The molecule has 0 saturated heterocycles. The first-order valence-corrected chi connectivity index (χ1v) is 4.63. The molecule has 2 heteroatoms. The van der Waals surface area contributed by atoms with E-state index in [1.165, 1.54) is 32.1 Å². The van der Waals surface area contributed by atoms with E-state index in [0.717, 1.165) is 12.8 Å². The van der Waals surface area contributed by atoms with Crippen molar-refractivity contribution < 1.29 is 24.6 Å². The van der Waals surface area contributed by atoms with Crippen molar-refractivity contribution in [3.05, 3.63) is 12.7 Å². The van der Waals surface area contributed by atoms with Crippen LogP contribution in [0.2, 0.25) is 0 Å². The fraction of sp³-hybridized carbons (Fsp3) is 0.800. The maximum absolute atomic E-state index is 8.49. The smallest absolute Gasteiger partial charge is 0.0431 e. The third kappa shape index (κ3) is 13.0. The molecule has 0 aromatic rings. The molecule has 0 rings (SSSR count). The third-order valence-corrected chi connectivity index (χ3v) is 1.82. The first kappa shape index (κ1) is 14.8. The normalized spacial score (nSPS) is 9.08. The number of hydrogen-bond donors (Lipinski definition) is 1. The summed E-state index contributed by atoms with van der Waals surface area (Å²) in [5, 5.41) is 8.49. The van der Waals surface area contributed by atoms with Gasteiger partial charge in [-0.3, -0.25) is 0 Å². The van der Waals surface area contributed by atoms with Crippen molar-refractivity contribution in [2.24, 2.45) is 0 Å². The molecule has 1 nitrogen and oxygen atoms in total. The van der Waals surface area contributed by atoms with Crippen LogP contribution in [0.3, 0.4) is 0 Å². The van der Waals surface area contributed by atoms with Gasteiger partial charge in [0, 0.05) is 26.1 Å². The Hall–Kier alpha value is 0.323. The van der Waals surface area contributed by atoms with Gasteiger partial charge in [-0.05, 0) is 19.3 Å². The van der Waals surface area contributed by atoms with E-state index in [9.17, 15) is 0 Å². The zero-order chi connectivity index (χ0) is 8.36. The molecule has 0 heterocycles. The Morgan fingerprint density at radius 3 is 1.92 bits per heavy atom. The summed E-state index contributed by atoms with van der Waals surface area (Å²) in [6.45, 7) is 4.03. The molecule has 0 saturated carbocycles. The van der Waals surface area contributed by atoms with Gasteiger partial charge in [-0.15, -0.1) is 6.58 Å². The van der Waals surface area contributed by atoms with Gasteiger partial charge < -0.3 is 5.11 Å². The number of aliphatic hydroxyl groups excluding tert-OH is 1. The van der Waals surface area contributed by atoms with Crippen LogP contribution in [0.4, 0.5) is 0 Å². The second kappa shape index (κ2) is 13.9. The molecule has 0 amide bonds. The number of allylic oxidation sites excluding steroid dienone is 1. The van der Waals surface area contributed by atoms with E-state index in [2.05, 4.69) is 6.58 Å². The quantitative estimate of drug-likeness (QED) is 0.380. The maximum atomic E-state index is 8.49. The Morgan fingerprint density at radius 1 is 0.917 bits per heavy atom. The van der Waals surface area contributed by atoms with Gasteiger partial charge in [0.25, 0.3) is 0 Å². The van der Waals surface area contributed by atoms with Crippen LogP contribution in [0, 0.1) is 0 Å². The van der Waals surface area contributed by atoms with Crippen molar-refractivity contribution in [1.82, 2.24) is 0 Å². The number of rotatable bonds is 8. The Kier molecular flexibility index (Phi) is 17.2. The molecule has 0 bridgehead atoms. The van der Waals surface area contributed by atoms with Gasteiger partial charge >= 0.3 is 0 Å². The van der Waals surface area contributed by atoms with E-state index in [1.807, 2.05) is 6.08 Å². The number of aliphatic hydroxyl groups is 1. The largest absolute Gasteiger partial charge is 0.396 e. The molecule has 0 aromatic carbocycles. The van der Waals surface area contributed by atoms with Crippen molar-refractivity contribution in [3.8, 4) is 0 Å². The van der Waals surface area contributed by atoms with Gasteiger partial charge in [0.05, 0.1) is 0 Å². The fourth-order valence-corrected chi connectivity index (χ4v) is 1.11. The summed E-state index contributed by atoms with van der Waals surface area (Å²) in [7, 11) is 0. The predicted molar refractivity (Wildman–Crippen MR) is 49.6 cm³/mol. The van der Waals surface area contributed by atoms with Crippen molar-refractivity contribution in [1.29, 1.82) is 0 Å². The van der Waals surface area contributed by atoms with Gasteiger partial charge in [-0.2, -0.15) is 0 Å². The minimum atomic E-state index is 0. The van der Waals surface area contributed by atoms with E-state index in [0.29, 0.717) is 6.61 Å². The number of unbranched alkanes of at least 4 members (excludes halogenated alkanes) is 6. The molecular weight excluding hydrogens is 201 g/mol. The summed E-state index contributed by atoms with van der Waals surface area (Å²) < 4.78 is 0. The molecular formula is C10H20OZn. The zero-order valence-corrected chi connectivity index (χ0v) is 11.1. The minimum absolute atomic E-state index is 0. The van der Waals surface area contributed by atoms with E-state index in [1.54, 1.807) is 0 Å². The van der Waals surface area contributed by atoms with Gasteiger partial charge in [0.2, 0.25) is 0 Å². The van der Waals surface area contributed by atoms with Crippen LogP contribution < -0.4 is 0 Å². The van der Waals surface area contributed by atoms with Crippen LogP contribution >= 0.6 is 0 Å². The predicted octanol–water partition coefficient (Wildman–Crippen LogP) is 2.89. The molecule has 0 aliphatic carbocycles. The first-order chi connectivity index (χ1) is 5.41. The molecule has 0 spiro atoms. The molecule has 0 fully saturated rings. The molecule has 0 aromatic heterocycles. The topological polar surface area (TPSA) is 20.2 Å². The van der Waals surface area contributed by atoms with E-state index in [4.69, 9.17) is 5.11 Å². The zero-order valence-electron chi connectivity index (χ0n) is 8.10. The van der Waals surface area contributed by atoms with Crippen molar-refractivity contribution in [2.75, 3.05) is 6.61 Å². The van der Waals surface area contributed by atoms with Crippen LogP contribution in [0.5, 0.6) is 0 Å². The van der Waals surface area contributed by atoms with Gasteiger partial charge in [-0.1, -0.05) is 31.8 Å². The van der Waals surface area contributed by atoms with Crippen molar-refractivity contribution >= 4 is 0 Å². The summed E-state index contributed by atoms with van der Waals surface area (Å²) in [5.41, 5.74) is 0. The first-order valence-electron chi connectivity index (χ1n) is 4.63. The van der Waals surface area contributed by atoms with E-state index in [-0.39, 0.29) is 19.5 Å². The molecule has 0 aliphatic rings. The molecule has 12 heavy (non-hydrogen) atoms. The van der Waals surface area contributed by atoms with Gasteiger partial charge in [-0.25, -0.2) is 0 Å². The van der Waals surface area contributed by atoms with Crippen LogP contribution in [0.15, 0.2) is 12.7 Å². The van der Waals surface area contributed by atoms with Crippen molar-refractivity contribution in [3.63, 3.8) is 0 Å². The second-order valence-corrected chi connectivity index (χ2v) is 2.92. The summed E-state index contributed by atoms with van der Waals surface area (Å²) in [5.74, 6) is 0. The molecule has 0 aliphatic heterocycles. The third-order valence-electron chi connectivity index (χ3n) is 1.82. The molecule has 0 atom stereocenters. The van der Waals surface area contributed by atoms with Gasteiger partial charge in [0.1, 0.15) is 0 Å². The Labute approximate surface area is 89.0 Å². The maximum Gasteiger partial charge on any atom is 0.0431 e. The van der Waals surface area contributed by atoms with Crippen LogP contribution in [0.1, 0.15) is 44.9 Å². The Balaban J connectivity index is 0. The average Bonchev–Trinajstić information content (AvgIpc) is 2.03. The van der Waals surface area contributed by atoms with Crippen molar-refractivity contribution in [2.45, 2.75) is 44.9 Å². The van der Waals surface area contributed by atoms with E-state index < -0.39 is 0 Å². The Morgan fingerprint density at radius 2 is 1.42 bits per heavy atom. The van der Waals surface area contributed by atoms with Crippen LogP contribution in [-0.4, -0.2) is 11.7 Å². The summed E-state index contributed by atoms with van der Waals surface area (Å²) in [6.07, 6.45) is 10.5. The van der Waals surface area contributed by atoms with Crippen LogP contribution in [0.25, 0.3) is 0 Å². The summed E-state index contributed by atoms with van der Waals surface area (Å²) in [6, 6.07) is 0. The number of hydrogen-bond acceptors (Lipinski definition) is 1.